The molecule has 0 aliphatic carbocycles. The fourth-order valence-corrected chi connectivity index (χ4v) is 3.56. The standard InChI is InChI=1S/C15H12BrCl2N3O3S/c1-25(22,23)8-15-20-19-14-4-9(11(16)6-21(14)15)7-24-10-2-3-12(17)13(18)5-10/h2-6H,7-8H2,1H3. The molecule has 0 atom stereocenters. The van der Waals surface area contributed by atoms with Crippen LogP contribution in [0.15, 0.2) is 34.9 Å². The zero-order chi connectivity index (χ0) is 18.2. The minimum atomic E-state index is -3.20. The molecule has 2 heterocycles. The second-order valence-electron chi connectivity index (χ2n) is 5.43. The molecule has 3 aromatic rings. The third-order valence-electron chi connectivity index (χ3n) is 3.32. The highest BCUT2D eigenvalue weighted by Crippen LogP contribution is 2.28. The van der Waals surface area contributed by atoms with E-state index in [0.29, 0.717) is 27.3 Å². The van der Waals surface area contributed by atoms with Gasteiger partial charge in [0.15, 0.2) is 21.3 Å². The number of sulfone groups is 1. The first-order valence-electron chi connectivity index (χ1n) is 7.00. The van der Waals surface area contributed by atoms with E-state index in [9.17, 15) is 8.42 Å². The van der Waals surface area contributed by atoms with E-state index in [-0.39, 0.29) is 12.4 Å². The van der Waals surface area contributed by atoms with Gasteiger partial charge in [0.2, 0.25) is 0 Å². The molecule has 25 heavy (non-hydrogen) atoms. The maximum Gasteiger partial charge on any atom is 0.161 e. The van der Waals surface area contributed by atoms with Crippen molar-refractivity contribution < 1.29 is 13.2 Å². The van der Waals surface area contributed by atoms with E-state index in [1.165, 1.54) is 0 Å². The smallest absolute Gasteiger partial charge is 0.161 e. The van der Waals surface area contributed by atoms with Crippen LogP contribution >= 0.6 is 39.1 Å². The number of hydrogen-bond donors (Lipinski definition) is 0. The number of pyridine rings is 1. The minimum Gasteiger partial charge on any atom is -0.489 e. The first-order valence-corrected chi connectivity index (χ1v) is 10.6. The first kappa shape index (κ1) is 18.4. The molecule has 0 amide bonds. The Hall–Kier alpha value is -1.35. The lowest BCUT2D eigenvalue weighted by Gasteiger charge is -2.09. The summed E-state index contributed by atoms with van der Waals surface area (Å²) in [5, 5.41) is 8.83. The highest BCUT2D eigenvalue weighted by molar-refractivity contribution is 9.10. The molecule has 1 aromatic carbocycles. The lowest BCUT2D eigenvalue weighted by molar-refractivity contribution is 0.305. The Labute approximate surface area is 162 Å². The second kappa shape index (κ2) is 7.11. The molecular weight excluding hydrogens is 453 g/mol. The molecule has 0 aliphatic rings. The van der Waals surface area contributed by atoms with Crippen molar-refractivity contribution >= 4 is 54.6 Å². The fourth-order valence-electron chi connectivity index (χ4n) is 2.17. The monoisotopic (exact) mass is 463 g/mol. The van der Waals surface area contributed by atoms with Crippen LogP contribution in [0.2, 0.25) is 10.0 Å². The van der Waals surface area contributed by atoms with Gasteiger partial charge in [0, 0.05) is 28.6 Å². The van der Waals surface area contributed by atoms with Gasteiger partial charge in [0.25, 0.3) is 0 Å². The van der Waals surface area contributed by atoms with Gasteiger partial charge >= 0.3 is 0 Å². The van der Waals surface area contributed by atoms with Crippen LogP contribution in [0.25, 0.3) is 5.65 Å². The second-order valence-corrected chi connectivity index (χ2v) is 9.23. The van der Waals surface area contributed by atoms with Gasteiger partial charge in [-0.05, 0) is 34.1 Å². The SMILES string of the molecule is CS(=O)(=O)Cc1nnc2cc(COc3ccc(Cl)c(Cl)c3)c(Br)cn12. The van der Waals surface area contributed by atoms with E-state index in [0.717, 1.165) is 16.3 Å². The summed E-state index contributed by atoms with van der Waals surface area (Å²) >= 11 is 15.3. The van der Waals surface area contributed by atoms with Crippen molar-refractivity contribution in [3.8, 4) is 5.75 Å². The van der Waals surface area contributed by atoms with E-state index in [1.807, 2.05) is 0 Å². The number of aromatic nitrogens is 3. The number of benzene rings is 1. The lowest BCUT2D eigenvalue weighted by atomic mass is 10.3. The van der Waals surface area contributed by atoms with Crippen LogP contribution in [-0.4, -0.2) is 29.3 Å². The fraction of sp³-hybridized carbons (Fsp3) is 0.200. The van der Waals surface area contributed by atoms with Gasteiger partial charge in [-0.15, -0.1) is 10.2 Å². The van der Waals surface area contributed by atoms with Crippen LogP contribution in [0.3, 0.4) is 0 Å². The number of ether oxygens (including phenoxy) is 1. The summed E-state index contributed by atoms with van der Waals surface area (Å²) in [5.41, 5.74) is 1.37. The number of halogens is 3. The summed E-state index contributed by atoms with van der Waals surface area (Å²) in [5.74, 6) is 0.760. The number of nitrogens with zero attached hydrogens (tertiary/aromatic N) is 3. The van der Waals surface area contributed by atoms with E-state index < -0.39 is 9.84 Å². The van der Waals surface area contributed by atoms with E-state index in [4.69, 9.17) is 27.9 Å². The maximum absolute atomic E-state index is 11.5. The average Bonchev–Trinajstić information content (AvgIpc) is 2.88. The molecular formula is C15H12BrCl2N3O3S. The van der Waals surface area contributed by atoms with Crippen molar-refractivity contribution in [1.82, 2.24) is 14.6 Å². The molecule has 0 aliphatic heterocycles. The van der Waals surface area contributed by atoms with Gasteiger partial charge in [-0.3, -0.25) is 4.40 Å². The zero-order valence-corrected chi connectivity index (χ0v) is 16.8. The summed E-state index contributed by atoms with van der Waals surface area (Å²) in [4.78, 5) is 0. The zero-order valence-electron chi connectivity index (χ0n) is 12.9. The van der Waals surface area contributed by atoms with Crippen LogP contribution in [0, 0.1) is 0 Å². The third kappa shape index (κ3) is 4.44. The van der Waals surface area contributed by atoms with Crippen LogP contribution in [0.4, 0.5) is 0 Å². The van der Waals surface area contributed by atoms with Crippen molar-refractivity contribution in [2.24, 2.45) is 0 Å². The Kier molecular flexibility index (Phi) is 5.24. The Balaban J connectivity index is 1.85. The topological polar surface area (TPSA) is 73.6 Å². The summed E-state index contributed by atoms with van der Waals surface area (Å²) < 4.78 is 31.0. The average molecular weight is 465 g/mol. The van der Waals surface area contributed by atoms with Gasteiger partial charge in [-0.1, -0.05) is 23.2 Å². The predicted octanol–water partition coefficient (Wildman–Crippen LogP) is 3.92. The number of hydrogen-bond acceptors (Lipinski definition) is 5. The van der Waals surface area contributed by atoms with Crippen LogP contribution < -0.4 is 4.74 Å². The van der Waals surface area contributed by atoms with Crippen LogP contribution in [0.5, 0.6) is 5.75 Å². The van der Waals surface area contributed by atoms with Crippen molar-refractivity contribution in [2.75, 3.05) is 6.26 Å². The molecule has 0 saturated heterocycles. The Morgan fingerprint density at radius 2 is 1.96 bits per heavy atom. The molecule has 0 unspecified atom stereocenters. The summed E-state index contributed by atoms with van der Waals surface area (Å²) in [6.07, 6.45) is 2.88. The summed E-state index contributed by atoms with van der Waals surface area (Å²) in [6.45, 7) is 0.267. The molecule has 0 saturated carbocycles. The van der Waals surface area contributed by atoms with Gasteiger partial charge < -0.3 is 4.74 Å². The van der Waals surface area contributed by atoms with Gasteiger partial charge in [0.1, 0.15) is 18.1 Å². The molecule has 6 nitrogen and oxygen atoms in total. The van der Waals surface area contributed by atoms with Gasteiger partial charge in [-0.2, -0.15) is 0 Å². The maximum atomic E-state index is 11.5. The van der Waals surface area contributed by atoms with Crippen LogP contribution in [0.1, 0.15) is 11.4 Å². The molecule has 0 radical (unpaired) electrons. The molecule has 0 fully saturated rings. The largest absolute Gasteiger partial charge is 0.489 e. The summed E-state index contributed by atoms with van der Waals surface area (Å²) in [7, 11) is -3.20. The summed E-state index contributed by atoms with van der Waals surface area (Å²) in [6, 6.07) is 6.80. The van der Waals surface area contributed by atoms with Crippen molar-refractivity contribution in [3.63, 3.8) is 0 Å². The molecule has 132 valence electrons. The highest BCUT2D eigenvalue weighted by Gasteiger charge is 2.14. The molecule has 0 N–H and O–H groups in total. The highest BCUT2D eigenvalue weighted by atomic mass is 79.9. The van der Waals surface area contributed by atoms with Crippen molar-refractivity contribution in [2.45, 2.75) is 12.4 Å². The van der Waals surface area contributed by atoms with Crippen molar-refractivity contribution in [1.29, 1.82) is 0 Å². The molecule has 3 rings (SSSR count). The Morgan fingerprint density at radius 3 is 2.64 bits per heavy atom. The predicted molar refractivity (Wildman–Crippen MR) is 100 cm³/mol. The van der Waals surface area contributed by atoms with E-state index in [2.05, 4.69) is 26.1 Å². The Bertz CT molecular complexity index is 1050. The third-order valence-corrected chi connectivity index (χ3v) is 5.56. The number of fused-ring (bicyclic) bond motifs is 1. The normalized spacial score (nSPS) is 11.8. The lowest BCUT2D eigenvalue weighted by Crippen LogP contribution is -2.06. The van der Waals surface area contributed by atoms with E-state index in [1.54, 1.807) is 34.9 Å². The Morgan fingerprint density at radius 1 is 1.20 bits per heavy atom. The first-order chi connectivity index (χ1) is 11.7. The quantitative estimate of drug-likeness (QED) is 0.572. The number of rotatable bonds is 5. The molecule has 0 spiro atoms. The molecule has 10 heteroatoms. The van der Waals surface area contributed by atoms with Crippen molar-refractivity contribution in [3.05, 3.63) is 56.4 Å². The minimum absolute atomic E-state index is 0.181. The van der Waals surface area contributed by atoms with Gasteiger partial charge in [0.05, 0.1) is 10.0 Å². The van der Waals surface area contributed by atoms with Crippen LogP contribution in [-0.2, 0) is 22.2 Å². The van der Waals surface area contributed by atoms with Gasteiger partial charge in [-0.25, -0.2) is 8.42 Å². The van der Waals surface area contributed by atoms with E-state index >= 15 is 0 Å². The molecule has 0 bridgehead atoms. The molecule has 2 aromatic heterocycles.